The Balaban J connectivity index is 1.41. The molecule has 0 saturated carbocycles. The van der Waals surface area contributed by atoms with E-state index in [0.717, 1.165) is 22.3 Å². The Hall–Kier alpha value is -4.16. The van der Waals surface area contributed by atoms with Gasteiger partial charge in [-0.2, -0.15) is 0 Å². The van der Waals surface area contributed by atoms with Crippen molar-refractivity contribution in [2.75, 3.05) is 6.61 Å². The summed E-state index contributed by atoms with van der Waals surface area (Å²) in [6.07, 6.45) is -0.593. The fraction of sp³-hybridized carbons (Fsp3) is 0.250. The Bertz CT molecular complexity index is 1390. The standard InChI is InChI=1S/C32H31NO5/c1-22(34)37-30(31(35)33-27(21-36-32(33,2)3)20-23-10-6-4-7-11-23)29-19-18-28(38-29)26-16-14-25(15-17-26)24-12-8-5-9-13-24/h4-19,27,30H,20-21H2,1-3H3/t27-,30?/m0/s1. The number of benzene rings is 3. The lowest BCUT2D eigenvalue weighted by molar-refractivity contribution is -0.169. The van der Waals surface area contributed by atoms with Crippen LogP contribution in [0, 0.1) is 0 Å². The molecule has 1 fully saturated rings. The highest BCUT2D eigenvalue weighted by molar-refractivity contribution is 5.85. The first-order chi connectivity index (χ1) is 18.3. The molecule has 0 aliphatic carbocycles. The average Bonchev–Trinajstić information content (AvgIpc) is 3.52. The molecular formula is C32H31NO5. The first-order valence-corrected chi connectivity index (χ1v) is 12.8. The summed E-state index contributed by atoms with van der Waals surface area (Å²) in [5.41, 5.74) is 3.31. The molecular weight excluding hydrogens is 478 g/mol. The summed E-state index contributed by atoms with van der Waals surface area (Å²) in [7, 11) is 0. The molecule has 3 aromatic carbocycles. The maximum absolute atomic E-state index is 14.0. The molecule has 6 nitrogen and oxygen atoms in total. The molecule has 38 heavy (non-hydrogen) atoms. The van der Waals surface area contributed by atoms with Gasteiger partial charge in [-0.15, -0.1) is 0 Å². The lowest BCUT2D eigenvalue weighted by atomic mass is 10.0. The number of ether oxygens (including phenoxy) is 2. The van der Waals surface area contributed by atoms with Crippen LogP contribution in [-0.2, 0) is 25.5 Å². The molecule has 0 radical (unpaired) electrons. The van der Waals surface area contributed by atoms with Gasteiger partial charge in [-0.1, -0.05) is 84.9 Å². The van der Waals surface area contributed by atoms with Crippen LogP contribution in [0.3, 0.4) is 0 Å². The van der Waals surface area contributed by atoms with Gasteiger partial charge in [0.25, 0.3) is 5.91 Å². The second kappa shape index (κ2) is 10.7. The van der Waals surface area contributed by atoms with Crippen molar-refractivity contribution < 1.29 is 23.5 Å². The van der Waals surface area contributed by atoms with Crippen molar-refractivity contribution in [1.82, 2.24) is 4.90 Å². The minimum absolute atomic E-state index is 0.210. The highest BCUT2D eigenvalue weighted by Gasteiger charge is 2.47. The van der Waals surface area contributed by atoms with Gasteiger partial charge < -0.3 is 18.8 Å². The van der Waals surface area contributed by atoms with Gasteiger partial charge in [0, 0.05) is 12.5 Å². The second-order valence-electron chi connectivity index (χ2n) is 9.94. The number of carbonyl (C=O) groups is 2. The van der Waals surface area contributed by atoms with E-state index in [2.05, 4.69) is 12.1 Å². The molecule has 0 spiro atoms. The van der Waals surface area contributed by atoms with Crippen LogP contribution < -0.4 is 0 Å². The first-order valence-electron chi connectivity index (χ1n) is 12.8. The van der Waals surface area contributed by atoms with E-state index in [1.54, 1.807) is 17.0 Å². The van der Waals surface area contributed by atoms with E-state index in [1.807, 2.05) is 86.6 Å². The number of hydrogen-bond donors (Lipinski definition) is 0. The third-order valence-electron chi connectivity index (χ3n) is 6.80. The highest BCUT2D eigenvalue weighted by Crippen LogP contribution is 2.35. The van der Waals surface area contributed by atoms with Crippen LogP contribution in [-0.4, -0.2) is 35.2 Å². The van der Waals surface area contributed by atoms with E-state index in [-0.39, 0.29) is 17.7 Å². The maximum Gasteiger partial charge on any atom is 0.303 e. The van der Waals surface area contributed by atoms with E-state index >= 15 is 0 Å². The Morgan fingerprint density at radius 2 is 1.47 bits per heavy atom. The Labute approximate surface area is 222 Å². The Kier molecular flexibility index (Phi) is 7.16. The summed E-state index contributed by atoms with van der Waals surface area (Å²) < 4.78 is 17.7. The summed E-state index contributed by atoms with van der Waals surface area (Å²) in [6.45, 7) is 5.38. The molecule has 2 atom stereocenters. The molecule has 1 aliphatic heterocycles. The molecule has 1 unspecified atom stereocenters. The van der Waals surface area contributed by atoms with Crippen LogP contribution in [0.25, 0.3) is 22.5 Å². The molecule has 0 bridgehead atoms. The van der Waals surface area contributed by atoms with Crippen LogP contribution >= 0.6 is 0 Å². The smallest absolute Gasteiger partial charge is 0.303 e. The molecule has 0 N–H and O–H groups in total. The Morgan fingerprint density at radius 1 is 0.868 bits per heavy atom. The normalized spacial score (nSPS) is 17.2. The highest BCUT2D eigenvalue weighted by atomic mass is 16.6. The van der Waals surface area contributed by atoms with E-state index in [1.165, 1.54) is 6.92 Å². The van der Waals surface area contributed by atoms with Gasteiger partial charge in [-0.3, -0.25) is 9.59 Å². The third kappa shape index (κ3) is 5.41. The van der Waals surface area contributed by atoms with Crippen LogP contribution in [0.1, 0.15) is 38.2 Å². The first kappa shape index (κ1) is 25.5. The van der Waals surface area contributed by atoms with Crippen LogP contribution in [0.2, 0.25) is 0 Å². The van der Waals surface area contributed by atoms with Crippen molar-refractivity contribution in [3.8, 4) is 22.5 Å². The van der Waals surface area contributed by atoms with E-state index in [9.17, 15) is 9.59 Å². The van der Waals surface area contributed by atoms with Crippen molar-refractivity contribution in [2.24, 2.45) is 0 Å². The predicted molar refractivity (Wildman–Crippen MR) is 145 cm³/mol. The molecule has 2 heterocycles. The van der Waals surface area contributed by atoms with Crippen molar-refractivity contribution in [2.45, 2.75) is 45.1 Å². The van der Waals surface area contributed by atoms with Crippen molar-refractivity contribution in [3.63, 3.8) is 0 Å². The van der Waals surface area contributed by atoms with Gasteiger partial charge in [0.05, 0.1) is 12.6 Å². The summed E-state index contributed by atoms with van der Waals surface area (Å²) in [5, 5.41) is 0. The zero-order valence-electron chi connectivity index (χ0n) is 21.8. The topological polar surface area (TPSA) is 69.0 Å². The summed E-state index contributed by atoms with van der Waals surface area (Å²) in [5.74, 6) is -0.0779. The summed E-state index contributed by atoms with van der Waals surface area (Å²) in [6, 6.07) is 31.4. The zero-order chi connectivity index (χ0) is 26.7. The average molecular weight is 510 g/mol. The maximum atomic E-state index is 14.0. The zero-order valence-corrected chi connectivity index (χ0v) is 21.8. The lowest BCUT2D eigenvalue weighted by Gasteiger charge is -2.35. The van der Waals surface area contributed by atoms with Gasteiger partial charge in [0.2, 0.25) is 6.10 Å². The van der Waals surface area contributed by atoms with Crippen LogP contribution in [0.15, 0.2) is 101 Å². The van der Waals surface area contributed by atoms with Gasteiger partial charge in [-0.25, -0.2) is 0 Å². The fourth-order valence-corrected chi connectivity index (χ4v) is 4.99. The minimum atomic E-state index is -1.22. The number of amides is 1. The van der Waals surface area contributed by atoms with Crippen molar-refractivity contribution >= 4 is 11.9 Å². The molecule has 5 rings (SSSR count). The number of nitrogens with zero attached hydrogens (tertiary/aromatic N) is 1. The largest absolute Gasteiger partial charge is 0.457 e. The molecule has 4 aromatic rings. The molecule has 1 aliphatic rings. The SMILES string of the molecule is CC(=O)OC(C(=O)N1[C@@H](Cc2ccccc2)COC1(C)C)c1ccc(-c2ccc(-c3ccccc3)cc2)o1. The molecule has 1 amide bonds. The summed E-state index contributed by atoms with van der Waals surface area (Å²) in [4.78, 5) is 27.7. The quantitative estimate of drug-likeness (QED) is 0.269. The van der Waals surface area contributed by atoms with Gasteiger partial charge >= 0.3 is 5.97 Å². The second-order valence-corrected chi connectivity index (χ2v) is 9.94. The minimum Gasteiger partial charge on any atom is -0.457 e. The van der Waals surface area contributed by atoms with E-state index in [4.69, 9.17) is 13.9 Å². The van der Waals surface area contributed by atoms with E-state index < -0.39 is 17.8 Å². The number of furan rings is 1. The van der Waals surface area contributed by atoms with Crippen molar-refractivity contribution in [3.05, 3.63) is 108 Å². The fourth-order valence-electron chi connectivity index (χ4n) is 4.99. The third-order valence-corrected chi connectivity index (χ3v) is 6.80. The van der Waals surface area contributed by atoms with Gasteiger partial charge in [-0.05, 0) is 49.1 Å². The monoisotopic (exact) mass is 509 g/mol. The lowest BCUT2D eigenvalue weighted by Crippen LogP contribution is -2.51. The molecule has 1 aromatic heterocycles. The van der Waals surface area contributed by atoms with E-state index in [0.29, 0.717) is 18.8 Å². The van der Waals surface area contributed by atoms with Crippen molar-refractivity contribution in [1.29, 1.82) is 0 Å². The molecule has 1 saturated heterocycles. The van der Waals surface area contributed by atoms with Gasteiger partial charge in [0.1, 0.15) is 11.5 Å². The number of carbonyl (C=O) groups excluding carboxylic acids is 2. The molecule has 194 valence electrons. The number of hydrogen-bond acceptors (Lipinski definition) is 5. The van der Waals surface area contributed by atoms with Crippen LogP contribution in [0.4, 0.5) is 0 Å². The van der Waals surface area contributed by atoms with Crippen LogP contribution in [0.5, 0.6) is 0 Å². The number of rotatable bonds is 7. The number of esters is 1. The Morgan fingerprint density at radius 3 is 2.13 bits per heavy atom. The summed E-state index contributed by atoms with van der Waals surface area (Å²) >= 11 is 0. The predicted octanol–water partition coefficient (Wildman–Crippen LogP) is 6.42. The molecule has 6 heteroatoms. The van der Waals surface area contributed by atoms with Gasteiger partial charge in [0.15, 0.2) is 5.76 Å².